The summed E-state index contributed by atoms with van der Waals surface area (Å²) in [6.45, 7) is 3.98. The molecule has 0 fully saturated rings. The van der Waals surface area contributed by atoms with Gasteiger partial charge in [0, 0.05) is 11.6 Å². The second kappa shape index (κ2) is 4.38. The van der Waals surface area contributed by atoms with Crippen molar-refractivity contribution < 1.29 is 4.39 Å². The Kier molecular flexibility index (Phi) is 3.43. The van der Waals surface area contributed by atoms with Crippen molar-refractivity contribution in [1.82, 2.24) is 0 Å². The molecule has 13 heavy (non-hydrogen) atoms. The van der Waals surface area contributed by atoms with Crippen LogP contribution in [0, 0.1) is 5.82 Å². The van der Waals surface area contributed by atoms with Gasteiger partial charge in [-0.1, -0.05) is 26.0 Å². The first kappa shape index (κ1) is 10.2. The Hall–Kier alpha value is -0.890. The van der Waals surface area contributed by atoms with E-state index in [1.54, 1.807) is 6.07 Å². The Morgan fingerprint density at radius 1 is 1.38 bits per heavy atom. The quantitative estimate of drug-likeness (QED) is 0.762. The minimum absolute atomic E-state index is 0.170. The Morgan fingerprint density at radius 2 is 2.08 bits per heavy atom. The Morgan fingerprint density at radius 3 is 2.62 bits per heavy atom. The molecule has 1 aromatic carbocycles. The highest BCUT2D eigenvalue weighted by atomic mass is 19.1. The van der Waals surface area contributed by atoms with Crippen molar-refractivity contribution in [3.05, 3.63) is 35.1 Å². The minimum Gasteiger partial charge on any atom is -0.324 e. The van der Waals surface area contributed by atoms with Crippen LogP contribution in [-0.2, 0) is 6.42 Å². The third-order valence-electron chi connectivity index (χ3n) is 2.33. The molecule has 0 bridgehead atoms. The number of benzene rings is 1. The standard InChI is InChI=1S/C11H16FN/c1-3-8-6-5-7-9(12)11(8)10(13)4-2/h5-7,10H,3-4,13H2,1-2H3. The van der Waals surface area contributed by atoms with Gasteiger partial charge in [0.05, 0.1) is 0 Å². The van der Waals surface area contributed by atoms with Crippen LogP contribution in [0.25, 0.3) is 0 Å². The molecular weight excluding hydrogens is 165 g/mol. The van der Waals surface area contributed by atoms with Crippen LogP contribution in [0.15, 0.2) is 18.2 Å². The van der Waals surface area contributed by atoms with Crippen molar-refractivity contribution in [3.63, 3.8) is 0 Å². The van der Waals surface area contributed by atoms with Crippen molar-refractivity contribution in [2.75, 3.05) is 0 Å². The monoisotopic (exact) mass is 181 g/mol. The summed E-state index contributed by atoms with van der Waals surface area (Å²) in [4.78, 5) is 0. The maximum Gasteiger partial charge on any atom is 0.128 e. The van der Waals surface area contributed by atoms with E-state index in [4.69, 9.17) is 5.73 Å². The average Bonchev–Trinajstić information content (AvgIpc) is 2.16. The highest BCUT2D eigenvalue weighted by Gasteiger charge is 2.12. The number of halogens is 1. The molecule has 0 aliphatic carbocycles. The summed E-state index contributed by atoms with van der Waals surface area (Å²) < 4.78 is 13.4. The van der Waals surface area contributed by atoms with Gasteiger partial charge in [0.1, 0.15) is 5.82 Å². The molecule has 2 heteroatoms. The van der Waals surface area contributed by atoms with E-state index in [2.05, 4.69) is 0 Å². The van der Waals surface area contributed by atoms with Gasteiger partial charge in [0.2, 0.25) is 0 Å². The second-order valence-corrected chi connectivity index (χ2v) is 3.18. The van der Waals surface area contributed by atoms with Gasteiger partial charge in [-0.3, -0.25) is 0 Å². The number of nitrogens with two attached hydrogens (primary N) is 1. The van der Waals surface area contributed by atoms with Gasteiger partial charge in [0.25, 0.3) is 0 Å². The predicted molar refractivity (Wildman–Crippen MR) is 53.0 cm³/mol. The fourth-order valence-electron chi connectivity index (χ4n) is 1.51. The maximum atomic E-state index is 13.4. The zero-order valence-corrected chi connectivity index (χ0v) is 8.18. The van der Waals surface area contributed by atoms with Crippen LogP contribution in [0.3, 0.4) is 0 Å². The van der Waals surface area contributed by atoms with E-state index in [1.807, 2.05) is 19.9 Å². The van der Waals surface area contributed by atoms with Gasteiger partial charge in [-0.15, -0.1) is 0 Å². The Labute approximate surface area is 78.8 Å². The summed E-state index contributed by atoms with van der Waals surface area (Å²) in [6.07, 6.45) is 1.61. The third-order valence-corrected chi connectivity index (χ3v) is 2.33. The third kappa shape index (κ3) is 2.07. The van der Waals surface area contributed by atoms with E-state index in [0.29, 0.717) is 5.56 Å². The van der Waals surface area contributed by atoms with E-state index >= 15 is 0 Å². The molecule has 1 rings (SSSR count). The summed E-state index contributed by atoms with van der Waals surface area (Å²) in [7, 11) is 0. The number of aryl methyl sites for hydroxylation is 1. The van der Waals surface area contributed by atoms with Crippen molar-refractivity contribution in [2.24, 2.45) is 5.73 Å². The molecule has 0 aromatic heterocycles. The zero-order valence-electron chi connectivity index (χ0n) is 8.18. The smallest absolute Gasteiger partial charge is 0.128 e. The van der Waals surface area contributed by atoms with Gasteiger partial charge < -0.3 is 5.73 Å². The predicted octanol–water partition coefficient (Wildman–Crippen LogP) is 2.80. The van der Waals surface area contributed by atoms with Crippen LogP contribution < -0.4 is 5.73 Å². The lowest BCUT2D eigenvalue weighted by Crippen LogP contribution is -2.13. The van der Waals surface area contributed by atoms with Crippen LogP contribution in [0.5, 0.6) is 0 Å². The zero-order chi connectivity index (χ0) is 9.84. The van der Waals surface area contributed by atoms with Crippen molar-refractivity contribution in [2.45, 2.75) is 32.7 Å². The largest absolute Gasteiger partial charge is 0.324 e. The van der Waals surface area contributed by atoms with E-state index in [1.165, 1.54) is 6.07 Å². The summed E-state index contributed by atoms with van der Waals surface area (Å²) in [5.41, 5.74) is 7.54. The number of hydrogen-bond acceptors (Lipinski definition) is 1. The summed E-state index contributed by atoms with van der Waals surface area (Å²) in [6, 6.07) is 4.98. The maximum absolute atomic E-state index is 13.4. The molecule has 1 nitrogen and oxygen atoms in total. The molecular formula is C11H16FN. The van der Waals surface area contributed by atoms with E-state index < -0.39 is 0 Å². The molecule has 1 unspecified atom stereocenters. The highest BCUT2D eigenvalue weighted by molar-refractivity contribution is 5.31. The number of hydrogen-bond donors (Lipinski definition) is 1. The van der Waals surface area contributed by atoms with Crippen molar-refractivity contribution >= 4 is 0 Å². The van der Waals surface area contributed by atoms with Crippen molar-refractivity contribution in [3.8, 4) is 0 Å². The minimum atomic E-state index is -0.172. The summed E-state index contributed by atoms with van der Waals surface area (Å²) >= 11 is 0. The lowest BCUT2D eigenvalue weighted by atomic mass is 9.97. The molecule has 0 heterocycles. The SMILES string of the molecule is CCc1cccc(F)c1C(N)CC. The first-order valence-corrected chi connectivity index (χ1v) is 4.73. The molecule has 0 aliphatic heterocycles. The molecule has 0 radical (unpaired) electrons. The van der Waals surface area contributed by atoms with E-state index in [-0.39, 0.29) is 11.9 Å². The normalized spacial score (nSPS) is 12.9. The van der Waals surface area contributed by atoms with Gasteiger partial charge in [-0.2, -0.15) is 0 Å². The molecule has 0 spiro atoms. The second-order valence-electron chi connectivity index (χ2n) is 3.18. The average molecular weight is 181 g/mol. The first-order valence-electron chi connectivity index (χ1n) is 4.73. The molecule has 0 amide bonds. The van der Waals surface area contributed by atoms with E-state index in [9.17, 15) is 4.39 Å². The fourth-order valence-corrected chi connectivity index (χ4v) is 1.51. The molecule has 2 N–H and O–H groups in total. The van der Waals surface area contributed by atoms with Crippen molar-refractivity contribution in [1.29, 1.82) is 0 Å². The lowest BCUT2D eigenvalue weighted by Gasteiger charge is -2.14. The van der Waals surface area contributed by atoms with E-state index in [0.717, 1.165) is 18.4 Å². The molecule has 1 aromatic rings. The fraction of sp³-hybridized carbons (Fsp3) is 0.455. The van der Waals surface area contributed by atoms with Gasteiger partial charge in [-0.05, 0) is 24.5 Å². The summed E-state index contributed by atoms with van der Waals surface area (Å²) in [5.74, 6) is -0.172. The Bertz CT molecular complexity index is 283. The Balaban J connectivity index is 3.14. The van der Waals surface area contributed by atoms with Gasteiger partial charge >= 0.3 is 0 Å². The molecule has 1 atom stereocenters. The molecule has 0 saturated carbocycles. The van der Waals surface area contributed by atoms with Gasteiger partial charge in [0.15, 0.2) is 0 Å². The van der Waals surface area contributed by atoms with Crippen LogP contribution >= 0.6 is 0 Å². The van der Waals surface area contributed by atoms with Crippen LogP contribution in [0.4, 0.5) is 4.39 Å². The first-order chi connectivity index (χ1) is 6.20. The molecule has 0 saturated heterocycles. The highest BCUT2D eigenvalue weighted by Crippen LogP contribution is 2.22. The van der Waals surface area contributed by atoms with Crippen LogP contribution in [0.1, 0.15) is 37.4 Å². The molecule has 72 valence electrons. The van der Waals surface area contributed by atoms with Gasteiger partial charge in [-0.25, -0.2) is 4.39 Å². The van der Waals surface area contributed by atoms with Crippen LogP contribution in [0.2, 0.25) is 0 Å². The van der Waals surface area contributed by atoms with Crippen LogP contribution in [-0.4, -0.2) is 0 Å². The lowest BCUT2D eigenvalue weighted by molar-refractivity contribution is 0.570. The summed E-state index contributed by atoms with van der Waals surface area (Å²) in [5, 5.41) is 0. The topological polar surface area (TPSA) is 26.0 Å². The number of rotatable bonds is 3. The molecule has 0 aliphatic rings.